The van der Waals surface area contributed by atoms with Crippen LogP contribution in [0.25, 0.3) is 0 Å². The van der Waals surface area contributed by atoms with Gasteiger partial charge >= 0.3 is 0 Å². The largest absolute Gasteiger partial charge is 0.393 e. The van der Waals surface area contributed by atoms with Crippen LogP contribution in [0.3, 0.4) is 0 Å². The first-order valence-corrected chi connectivity index (χ1v) is 8.28. The minimum atomic E-state index is -0.658. The highest BCUT2D eigenvalue weighted by Gasteiger charge is 2.13. The van der Waals surface area contributed by atoms with Crippen LogP contribution in [0.1, 0.15) is 15.9 Å². The number of aryl methyl sites for hydroxylation is 1. The predicted molar refractivity (Wildman–Crippen MR) is 103 cm³/mol. The molecule has 27 heavy (non-hydrogen) atoms. The van der Waals surface area contributed by atoms with Gasteiger partial charge in [0.25, 0.3) is 5.91 Å². The Morgan fingerprint density at radius 1 is 1.15 bits per heavy atom. The second kappa shape index (κ2) is 7.88. The molecule has 7 nitrogen and oxygen atoms in total. The minimum absolute atomic E-state index is 0.104. The average molecular weight is 387 g/mol. The van der Waals surface area contributed by atoms with E-state index in [9.17, 15) is 9.18 Å². The fourth-order valence-corrected chi connectivity index (χ4v) is 2.54. The van der Waals surface area contributed by atoms with Gasteiger partial charge in [-0.15, -0.1) is 0 Å². The van der Waals surface area contributed by atoms with Crippen molar-refractivity contribution in [2.75, 3.05) is 16.5 Å². The molecule has 1 amide bonds. The van der Waals surface area contributed by atoms with Crippen molar-refractivity contribution < 1.29 is 9.18 Å². The SMILES string of the molecule is Cc1cc(Cl)ccc1Nc1ncnc(NNC(=O)c2ccccc2F)c1N. The summed E-state index contributed by atoms with van der Waals surface area (Å²) < 4.78 is 13.7. The Kier molecular flexibility index (Phi) is 5.37. The molecule has 1 aromatic heterocycles. The molecule has 0 fully saturated rings. The fourth-order valence-electron chi connectivity index (χ4n) is 2.32. The van der Waals surface area contributed by atoms with Gasteiger partial charge in [-0.05, 0) is 42.8 Å². The monoisotopic (exact) mass is 386 g/mol. The van der Waals surface area contributed by atoms with Gasteiger partial charge in [0.1, 0.15) is 17.8 Å². The number of rotatable bonds is 5. The Labute approximate surface area is 159 Å². The number of amides is 1. The first-order valence-electron chi connectivity index (χ1n) is 7.90. The summed E-state index contributed by atoms with van der Waals surface area (Å²) in [7, 11) is 0. The van der Waals surface area contributed by atoms with E-state index >= 15 is 0 Å². The molecule has 0 radical (unpaired) electrons. The van der Waals surface area contributed by atoms with Crippen molar-refractivity contribution in [3.05, 3.63) is 70.8 Å². The van der Waals surface area contributed by atoms with Crippen molar-refractivity contribution in [2.45, 2.75) is 6.92 Å². The third-order valence-electron chi connectivity index (χ3n) is 3.74. The van der Waals surface area contributed by atoms with Crippen molar-refractivity contribution in [3.8, 4) is 0 Å². The van der Waals surface area contributed by atoms with Crippen LogP contribution in [0.15, 0.2) is 48.8 Å². The number of aromatic nitrogens is 2. The summed E-state index contributed by atoms with van der Waals surface area (Å²) in [4.78, 5) is 20.2. The Hall–Kier alpha value is -3.39. The lowest BCUT2D eigenvalue weighted by Crippen LogP contribution is -2.31. The molecular weight excluding hydrogens is 371 g/mol. The molecule has 0 spiro atoms. The van der Waals surface area contributed by atoms with Crippen LogP contribution >= 0.6 is 11.6 Å². The molecule has 3 aromatic rings. The number of carbonyl (C=O) groups is 1. The van der Waals surface area contributed by atoms with Gasteiger partial charge in [-0.25, -0.2) is 14.4 Å². The number of anilines is 4. The molecule has 0 bridgehead atoms. The van der Waals surface area contributed by atoms with E-state index in [1.165, 1.54) is 24.5 Å². The van der Waals surface area contributed by atoms with Crippen molar-refractivity contribution in [2.24, 2.45) is 0 Å². The molecule has 0 aliphatic rings. The summed E-state index contributed by atoms with van der Waals surface area (Å²) >= 11 is 5.95. The maximum atomic E-state index is 13.7. The van der Waals surface area contributed by atoms with Gasteiger partial charge in [-0.1, -0.05) is 23.7 Å². The summed E-state index contributed by atoms with van der Waals surface area (Å²) in [5, 5.41) is 3.71. The average Bonchev–Trinajstić information content (AvgIpc) is 2.64. The minimum Gasteiger partial charge on any atom is -0.393 e. The van der Waals surface area contributed by atoms with E-state index in [-0.39, 0.29) is 17.1 Å². The van der Waals surface area contributed by atoms with Crippen LogP contribution in [0, 0.1) is 12.7 Å². The highest BCUT2D eigenvalue weighted by atomic mass is 35.5. The van der Waals surface area contributed by atoms with Gasteiger partial charge in [0.2, 0.25) is 0 Å². The smallest absolute Gasteiger partial charge is 0.272 e. The zero-order valence-electron chi connectivity index (χ0n) is 14.3. The third-order valence-corrected chi connectivity index (χ3v) is 3.97. The van der Waals surface area contributed by atoms with E-state index in [2.05, 4.69) is 26.1 Å². The molecule has 0 saturated heterocycles. The number of nitrogens with two attached hydrogens (primary N) is 1. The number of halogens is 2. The Morgan fingerprint density at radius 3 is 2.63 bits per heavy atom. The standard InChI is InChI=1S/C18H16ClFN6O/c1-10-8-11(19)6-7-14(10)24-16-15(21)17(23-9-22-16)25-26-18(27)12-4-2-3-5-13(12)20/h2-9H,21H2,1H3,(H,26,27)(H2,22,23,24,25). The van der Waals surface area contributed by atoms with Gasteiger partial charge in [0, 0.05) is 10.7 Å². The van der Waals surface area contributed by atoms with Crippen LogP contribution in [0.5, 0.6) is 0 Å². The first kappa shape index (κ1) is 18.4. The molecule has 3 rings (SSSR count). The van der Waals surface area contributed by atoms with Crippen LogP contribution in [-0.2, 0) is 0 Å². The number of nitrogens with zero attached hydrogens (tertiary/aromatic N) is 2. The van der Waals surface area contributed by atoms with Crippen LogP contribution in [0.4, 0.5) is 27.4 Å². The molecule has 1 heterocycles. The number of hydrazine groups is 1. The van der Waals surface area contributed by atoms with Crippen molar-refractivity contribution >= 4 is 40.5 Å². The number of benzene rings is 2. The zero-order valence-corrected chi connectivity index (χ0v) is 15.0. The maximum Gasteiger partial charge on any atom is 0.272 e. The molecule has 5 N–H and O–H groups in total. The van der Waals surface area contributed by atoms with E-state index in [1.807, 2.05) is 6.92 Å². The fraction of sp³-hybridized carbons (Fsp3) is 0.0556. The number of hydrogen-bond donors (Lipinski definition) is 4. The Balaban J connectivity index is 1.75. The van der Waals surface area contributed by atoms with Crippen molar-refractivity contribution in [3.63, 3.8) is 0 Å². The molecule has 9 heteroatoms. The molecule has 2 aromatic carbocycles. The topological polar surface area (TPSA) is 105 Å². The zero-order chi connectivity index (χ0) is 19.4. The summed E-state index contributed by atoms with van der Waals surface area (Å²) in [5.74, 6) is -0.774. The number of nitrogens with one attached hydrogen (secondary N) is 3. The lowest BCUT2D eigenvalue weighted by Gasteiger charge is -2.14. The molecular formula is C18H16ClFN6O. The first-order chi connectivity index (χ1) is 13.0. The van der Waals surface area contributed by atoms with Crippen molar-refractivity contribution in [1.82, 2.24) is 15.4 Å². The summed E-state index contributed by atoms with van der Waals surface area (Å²) in [6, 6.07) is 11.0. The highest BCUT2D eigenvalue weighted by Crippen LogP contribution is 2.28. The molecule has 0 aliphatic carbocycles. The van der Waals surface area contributed by atoms with E-state index in [4.69, 9.17) is 17.3 Å². The predicted octanol–water partition coefficient (Wildman–Crippen LogP) is 3.66. The lowest BCUT2D eigenvalue weighted by atomic mass is 10.2. The number of hydrogen-bond acceptors (Lipinski definition) is 6. The van der Waals surface area contributed by atoms with Gasteiger partial charge < -0.3 is 11.1 Å². The van der Waals surface area contributed by atoms with Crippen LogP contribution in [0.2, 0.25) is 5.02 Å². The van der Waals surface area contributed by atoms with Gasteiger partial charge in [0.15, 0.2) is 11.6 Å². The van der Waals surface area contributed by atoms with E-state index in [0.29, 0.717) is 10.8 Å². The lowest BCUT2D eigenvalue weighted by molar-refractivity contribution is 0.0958. The third kappa shape index (κ3) is 4.24. The normalized spacial score (nSPS) is 10.3. The molecule has 0 aliphatic heterocycles. The van der Waals surface area contributed by atoms with Crippen molar-refractivity contribution in [1.29, 1.82) is 0 Å². The Morgan fingerprint density at radius 2 is 1.89 bits per heavy atom. The molecule has 0 unspecified atom stereocenters. The maximum absolute atomic E-state index is 13.7. The summed E-state index contributed by atoms with van der Waals surface area (Å²) in [6.07, 6.45) is 1.28. The van der Waals surface area contributed by atoms with Gasteiger partial charge in [-0.3, -0.25) is 15.6 Å². The van der Waals surface area contributed by atoms with E-state index in [1.54, 1.807) is 24.3 Å². The quantitative estimate of drug-likeness (QED) is 0.499. The van der Waals surface area contributed by atoms with Gasteiger partial charge in [0.05, 0.1) is 5.56 Å². The second-order valence-electron chi connectivity index (χ2n) is 5.63. The molecule has 138 valence electrons. The highest BCUT2D eigenvalue weighted by molar-refractivity contribution is 6.30. The van der Waals surface area contributed by atoms with E-state index < -0.39 is 11.7 Å². The summed E-state index contributed by atoms with van der Waals surface area (Å²) in [5.41, 5.74) is 12.8. The van der Waals surface area contributed by atoms with Gasteiger partial charge in [-0.2, -0.15) is 0 Å². The molecule has 0 saturated carbocycles. The Bertz CT molecular complexity index is 997. The molecule has 0 atom stereocenters. The second-order valence-corrected chi connectivity index (χ2v) is 6.06. The number of carbonyl (C=O) groups excluding carboxylic acids is 1. The number of nitrogen functional groups attached to an aromatic ring is 1. The van der Waals surface area contributed by atoms with Crippen LogP contribution < -0.4 is 21.9 Å². The van der Waals surface area contributed by atoms with E-state index in [0.717, 1.165) is 11.3 Å². The summed E-state index contributed by atoms with van der Waals surface area (Å²) in [6.45, 7) is 1.89. The van der Waals surface area contributed by atoms with Crippen LogP contribution in [-0.4, -0.2) is 15.9 Å².